The Kier molecular flexibility index (Phi) is 5.92. The minimum atomic E-state index is -3.82. The van der Waals surface area contributed by atoms with Crippen LogP contribution in [0.25, 0.3) is 0 Å². The molecule has 3 aromatic rings. The lowest BCUT2D eigenvalue weighted by atomic mass is 10.2. The molecule has 0 aliphatic carbocycles. The van der Waals surface area contributed by atoms with Crippen molar-refractivity contribution in [3.05, 3.63) is 78.6 Å². The maximum absolute atomic E-state index is 12.3. The van der Waals surface area contributed by atoms with Crippen LogP contribution in [-0.4, -0.2) is 29.4 Å². The number of nitrogens with zero attached hydrogens (tertiary/aromatic N) is 2. The predicted molar refractivity (Wildman–Crippen MR) is 109 cm³/mol. The number of benzene rings is 2. The van der Waals surface area contributed by atoms with Gasteiger partial charge in [-0.05, 0) is 54.7 Å². The van der Waals surface area contributed by atoms with Crippen LogP contribution in [0.2, 0.25) is 0 Å². The summed E-state index contributed by atoms with van der Waals surface area (Å²) in [5.41, 5.74) is 0.996. The fraction of sp³-hybridized carbons (Fsp3) is 0. The van der Waals surface area contributed by atoms with Crippen molar-refractivity contribution in [3.8, 4) is 0 Å². The number of anilines is 2. The maximum atomic E-state index is 12.3. The molecule has 0 saturated carbocycles. The van der Waals surface area contributed by atoms with Crippen LogP contribution in [0.1, 0.15) is 10.4 Å². The van der Waals surface area contributed by atoms with E-state index in [9.17, 15) is 13.2 Å². The van der Waals surface area contributed by atoms with Crippen molar-refractivity contribution in [1.82, 2.24) is 15.3 Å². The summed E-state index contributed by atoms with van der Waals surface area (Å²) in [6, 6.07) is 16.1. The van der Waals surface area contributed by atoms with E-state index in [2.05, 4.69) is 25.3 Å². The number of sulfonamides is 1. The van der Waals surface area contributed by atoms with Gasteiger partial charge < -0.3 is 5.32 Å². The highest BCUT2D eigenvalue weighted by atomic mass is 32.2. The summed E-state index contributed by atoms with van der Waals surface area (Å²) in [7, 11) is -3.82. The molecule has 8 nitrogen and oxygen atoms in total. The van der Waals surface area contributed by atoms with Crippen molar-refractivity contribution in [2.45, 2.75) is 4.90 Å². The molecule has 0 radical (unpaired) electrons. The molecule has 0 saturated heterocycles. The lowest BCUT2D eigenvalue weighted by Gasteiger charge is -2.11. The van der Waals surface area contributed by atoms with Crippen molar-refractivity contribution >= 4 is 44.9 Å². The van der Waals surface area contributed by atoms with Gasteiger partial charge in [0.05, 0.1) is 4.90 Å². The molecule has 0 aliphatic rings. The molecule has 1 heterocycles. The Morgan fingerprint density at radius 2 is 1.54 bits per heavy atom. The summed E-state index contributed by atoms with van der Waals surface area (Å²) in [5, 5.41) is 5.48. The van der Waals surface area contributed by atoms with Crippen LogP contribution in [-0.2, 0) is 10.0 Å². The normalized spacial score (nSPS) is 10.7. The molecule has 0 aliphatic heterocycles. The van der Waals surface area contributed by atoms with Crippen molar-refractivity contribution in [2.24, 2.45) is 0 Å². The summed E-state index contributed by atoms with van der Waals surface area (Å²) in [5.74, 6) is -0.362. The topological polar surface area (TPSA) is 113 Å². The van der Waals surface area contributed by atoms with E-state index in [0.29, 0.717) is 11.3 Å². The van der Waals surface area contributed by atoms with Gasteiger partial charge in [0.1, 0.15) is 0 Å². The van der Waals surface area contributed by atoms with Crippen LogP contribution < -0.4 is 15.4 Å². The van der Waals surface area contributed by atoms with E-state index in [1.807, 2.05) is 6.07 Å². The zero-order valence-electron chi connectivity index (χ0n) is 14.4. The van der Waals surface area contributed by atoms with Gasteiger partial charge in [0, 0.05) is 23.6 Å². The quantitative estimate of drug-likeness (QED) is 0.551. The molecule has 0 fully saturated rings. The number of carbonyl (C=O) groups is 1. The highest BCUT2D eigenvalue weighted by molar-refractivity contribution is 7.92. The number of thiocarbonyl (C=S) groups is 1. The van der Waals surface area contributed by atoms with E-state index in [4.69, 9.17) is 12.2 Å². The molecule has 0 atom stereocenters. The second-order valence-electron chi connectivity index (χ2n) is 5.48. The average Bonchev–Trinajstić information content (AvgIpc) is 2.69. The summed E-state index contributed by atoms with van der Waals surface area (Å²) in [6.45, 7) is 0. The van der Waals surface area contributed by atoms with E-state index in [-0.39, 0.29) is 21.9 Å². The average molecular weight is 413 g/mol. The monoisotopic (exact) mass is 413 g/mol. The maximum Gasteiger partial charge on any atom is 0.264 e. The number of amides is 1. The van der Waals surface area contributed by atoms with Gasteiger partial charge in [-0.25, -0.2) is 23.1 Å². The van der Waals surface area contributed by atoms with Crippen molar-refractivity contribution in [1.29, 1.82) is 0 Å². The standard InChI is InChI=1S/C18H15N5O3S2/c24-16(13-5-2-1-3-6-13)22-18(27)21-14-7-9-15(10-8-14)28(25,26)23-17-19-11-4-12-20-17/h1-12H,(H,19,20,23)(H2,21,22,24,27). The number of carbonyl (C=O) groups excluding carboxylic acids is 1. The van der Waals surface area contributed by atoms with Gasteiger partial charge >= 0.3 is 0 Å². The molecule has 0 bridgehead atoms. The van der Waals surface area contributed by atoms with Crippen molar-refractivity contribution in [3.63, 3.8) is 0 Å². The first-order valence-corrected chi connectivity index (χ1v) is 9.90. The third-order valence-electron chi connectivity index (χ3n) is 3.48. The Balaban J connectivity index is 1.62. The molecular weight excluding hydrogens is 398 g/mol. The summed E-state index contributed by atoms with van der Waals surface area (Å²) in [4.78, 5) is 19.8. The molecule has 28 heavy (non-hydrogen) atoms. The van der Waals surface area contributed by atoms with E-state index < -0.39 is 10.0 Å². The molecule has 10 heteroatoms. The first-order chi connectivity index (χ1) is 13.4. The highest BCUT2D eigenvalue weighted by Crippen LogP contribution is 2.16. The largest absolute Gasteiger partial charge is 0.332 e. The summed E-state index contributed by atoms with van der Waals surface area (Å²) < 4.78 is 27.0. The molecular formula is C18H15N5O3S2. The fourth-order valence-corrected chi connectivity index (χ4v) is 3.34. The fourth-order valence-electron chi connectivity index (χ4n) is 2.18. The van der Waals surface area contributed by atoms with Crippen LogP contribution in [0.15, 0.2) is 78.0 Å². The molecule has 0 spiro atoms. The number of rotatable bonds is 5. The van der Waals surface area contributed by atoms with E-state index in [1.54, 1.807) is 30.3 Å². The Morgan fingerprint density at radius 3 is 2.18 bits per heavy atom. The van der Waals surface area contributed by atoms with Crippen LogP contribution in [0.4, 0.5) is 11.6 Å². The first-order valence-electron chi connectivity index (χ1n) is 8.01. The molecule has 0 unspecified atom stereocenters. The number of hydrogen-bond donors (Lipinski definition) is 3. The van der Waals surface area contributed by atoms with Crippen molar-refractivity contribution in [2.75, 3.05) is 10.0 Å². The van der Waals surface area contributed by atoms with Gasteiger partial charge in [0.25, 0.3) is 15.9 Å². The second-order valence-corrected chi connectivity index (χ2v) is 7.57. The van der Waals surface area contributed by atoms with Gasteiger partial charge in [0.2, 0.25) is 5.95 Å². The highest BCUT2D eigenvalue weighted by Gasteiger charge is 2.15. The molecule has 1 aromatic heterocycles. The van der Waals surface area contributed by atoms with E-state index in [1.165, 1.54) is 36.7 Å². The Bertz CT molecular complexity index is 1070. The zero-order valence-corrected chi connectivity index (χ0v) is 16.0. The first kappa shape index (κ1) is 19.4. The summed E-state index contributed by atoms with van der Waals surface area (Å²) in [6.07, 6.45) is 2.87. The van der Waals surface area contributed by atoms with Gasteiger partial charge in [-0.3, -0.25) is 10.1 Å². The molecule has 3 rings (SSSR count). The third kappa shape index (κ3) is 5.09. The van der Waals surface area contributed by atoms with Gasteiger partial charge in [-0.15, -0.1) is 0 Å². The number of aromatic nitrogens is 2. The number of hydrogen-bond acceptors (Lipinski definition) is 6. The van der Waals surface area contributed by atoms with Crippen LogP contribution in [0.3, 0.4) is 0 Å². The molecule has 3 N–H and O–H groups in total. The van der Waals surface area contributed by atoms with Crippen LogP contribution in [0, 0.1) is 0 Å². The van der Waals surface area contributed by atoms with Crippen LogP contribution in [0.5, 0.6) is 0 Å². The molecule has 2 aromatic carbocycles. The van der Waals surface area contributed by atoms with Gasteiger partial charge in [0.15, 0.2) is 5.11 Å². The lowest BCUT2D eigenvalue weighted by molar-refractivity contribution is 0.0977. The van der Waals surface area contributed by atoms with Crippen molar-refractivity contribution < 1.29 is 13.2 Å². The van der Waals surface area contributed by atoms with Crippen LogP contribution >= 0.6 is 12.2 Å². The zero-order chi connectivity index (χ0) is 20.0. The Labute approximate surface area is 167 Å². The number of nitrogens with one attached hydrogen (secondary N) is 3. The Morgan fingerprint density at radius 1 is 0.893 bits per heavy atom. The SMILES string of the molecule is O=C(NC(=S)Nc1ccc(S(=O)(=O)Nc2ncccn2)cc1)c1ccccc1. The minimum absolute atomic E-state index is 0.0190. The molecule has 142 valence electrons. The lowest BCUT2D eigenvalue weighted by Crippen LogP contribution is -2.34. The Hall–Kier alpha value is -3.37. The summed E-state index contributed by atoms with van der Waals surface area (Å²) >= 11 is 5.12. The van der Waals surface area contributed by atoms with E-state index >= 15 is 0 Å². The minimum Gasteiger partial charge on any atom is -0.332 e. The smallest absolute Gasteiger partial charge is 0.264 e. The van der Waals surface area contributed by atoms with Gasteiger partial charge in [-0.1, -0.05) is 18.2 Å². The second kappa shape index (κ2) is 8.55. The third-order valence-corrected chi connectivity index (χ3v) is 5.03. The van der Waals surface area contributed by atoms with Gasteiger partial charge in [-0.2, -0.15) is 0 Å². The predicted octanol–water partition coefficient (Wildman–Crippen LogP) is 2.40. The molecule has 1 amide bonds. The van der Waals surface area contributed by atoms with E-state index in [0.717, 1.165) is 0 Å².